The van der Waals surface area contributed by atoms with Gasteiger partial charge in [0.1, 0.15) is 0 Å². The Morgan fingerprint density at radius 3 is 2.58 bits per heavy atom. The van der Waals surface area contributed by atoms with Gasteiger partial charge in [0, 0.05) is 12.7 Å². The van der Waals surface area contributed by atoms with E-state index in [0.29, 0.717) is 18.8 Å². The number of carbonyl (C=O) groups excluding carboxylic acids is 1. The van der Waals surface area contributed by atoms with E-state index in [-0.39, 0.29) is 6.79 Å². The standard InChI is InChI=1S/C8H14O4/c1-7(2)8(9)12-6-11-5-4-10-3/h1,4-6H2,2-3H3. The first-order valence-corrected chi connectivity index (χ1v) is 3.57. The fraction of sp³-hybridized carbons (Fsp3) is 0.625. The van der Waals surface area contributed by atoms with Crippen molar-refractivity contribution in [1.82, 2.24) is 0 Å². The molecule has 4 heteroatoms. The third-order valence-electron chi connectivity index (χ3n) is 1.05. The van der Waals surface area contributed by atoms with Crippen molar-refractivity contribution in [2.45, 2.75) is 6.92 Å². The van der Waals surface area contributed by atoms with Crippen molar-refractivity contribution in [1.29, 1.82) is 0 Å². The van der Waals surface area contributed by atoms with Crippen LogP contribution in [0.1, 0.15) is 6.92 Å². The minimum Gasteiger partial charge on any atom is -0.435 e. The van der Waals surface area contributed by atoms with E-state index in [1.54, 1.807) is 14.0 Å². The molecule has 0 aliphatic rings. The lowest BCUT2D eigenvalue weighted by atomic mass is 10.4. The van der Waals surface area contributed by atoms with E-state index in [4.69, 9.17) is 9.47 Å². The molecular weight excluding hydrogens is 160 g/mol. The Hall–Kier alpha value is -0.870. The van der Waals surface area contributed by atoms with Crippen LogP contribution >= 0.6 is 0 Å². The molecule has 70 valence electrons. The van der Waals surface area contributed by atoms with Crippen LogP contribution in [0.2, 0.25) is 0 Å². The maximum atomic E-state index is 10.7. The zero-order chi connectivity index (χ0) is 9.40. The number of hydrogen-bond donors (Lipinski definition) is 0. The molecule has 0 aliphatic carbocycles. The molecule has 0 spiro atoms. The fourth-order valence-corrected chi connectivity index (χ4v) is 0.420. The summed E-state index contributed by atoms with van der Waals surface area (Å²) in [6.45, 7) is 5.86. The first-order valence-electron chi connectivity index (χ1n) is 3.57. The summed E-state index contributed by atoms with van der Waals surface area (Å²) < 4.78 is 14.2. The van der Waals surface area contributed by atoms with Gasteiger partial charge in [0.15, 0.2) is 6.79 Å². The van der Waals surface area contributed by atoms with Crippen molar-refractivity contribution in [3.8, 4) is 0 Å². The molecule has 0 amide bonds. The Kier molecular flexibility index (Phi) is 6.32. The van der Waals surface area contributed by atoms with E-state index in [9.17, 15) is 4.79 Å². The largest absolute Gasteiger partial charge is 0.435 e. The van der Waals surface area contributed by atoms with Gasteiger partial charge in [-0.3, -0.25) is 0 Å². The summed E-state index contributed by atoms with van der Waals surface area (Å²) in [6.07, 6.45) is 0. The quantitative estimate of drug-likeness (QED) is 0.258. The summed E-state index contributed by atoms with van der Waals surface area (Å²) in [7, 11) is 1.57. The molecule has 0 aromatic rings. The molecule has 12 heavy (non-hydrogen) atoms. The Labute approximate surface area is 72.1 Å². The van der Waals surface area contributed by atoms with Crippen molar-refractivity contribution in [3.63, 3.8) is 0 Å². The molecule has 0 rings (SSSR count). The number of carbonyl (C=O) groups is 1. The molecule has 0 saturated heterocycles. The van der Waals surface area contributed by atoms with E-state index >= 15 is 0 Å². The van der Waals surface area contributed by atoms with Crippen LogP contribution in [0.5, 0.6) is 0 Å². The summed E-state index contributed by atoms with van der Waals surface area (Å²) in [6, 6.07) is 0. The molecule has 0 aromatic heterocycles. The predicted molar refractivity (Wildman–Crippen MR) is 43.6 cm³/mol. The molecule has 4 nitrogen and oxygen atoms in total. The zero-order valence-electron chi connectivity index (χ0n) is 7.46. The van der Waals surface area contributed by atoms with Crippen LogP contribution < -0.4 is 0 Å². The normalized spacial score (nSPS) is 9.50. The van der Waals surface area contributed by atoms with Gasteiger partial charge < -0.3 is 14.2 Å². The Morgan fingerprint density at radius 2 is 2.08 bits per heavy atom. The van der Waals surface area contributed by atoms with Crippen LogP contribution in [0.3, 0.4) is 0 Å². The minimum absolute atomic E-state index is 0.0466. The van der Waals surface area contributed by atoms with Crippen molar-refractivity contribution in [2.75, 3.05) is 27.1 Å². The van der Waals surface area contributed by atoms with Gasteiger partial charge >= 0.3 is 5.97 Å². The van der Waals surface area contributed by atoms with Crippen molar-refractivity contribution in [2.24, 2.45) is 0 Å². The van der Waals surface area contributed by atoms with Gasteiger partial charge in [-0.05, 0) is 6.92 Å². The van der Waals surface area contributed by atoms with Crippen LogP contribution in [-0.4, -0.2) is 33.1 Å². The Balaban J connectivity index is 3.20. The topological polar surface area (TPSA) is 44.8 Å². The van der Waals surface area contributed by atoms with Crippen LogP contribution in [0.15, 0.2) is 12.2 Å². The molecule has 0 bridgehead atoms. The average Bonchev–Trinajstić information content (AvgIpc) is 2.03. The van der Waals surface area contributed by atoms with Gasteiger partial charge in [-0.15, -0.1) is 0 Å². The maximum Gasteiger partial charge on any atom is 0.335 e. The number of rotatable bonds is 6. The third kappa shape index (κ3) is 5.88. The van der Waals surface area contributed by atoms with Crippen molar-refractivity contribution >= 4 is 5.97 Å². The van der Waals surface area contributed by atoms with Gasteiger partial charge in [0.25, 0.3) is 0 Å². The molecule has 0 radical (unpaired) electrons. The van der Waals surface area contributed by atoms with Gasteiger partial charge in [0.05, 0.1) is 13.2 Å². The molecule has 0 fully saturated rings. The van der Waals surface area contributed by atoms with Crippen molar-refractivity contribution < 1.29 is 19.0 Å². The second-order valence-corrected chi connectivity index (χ2v) is 2.23. The summed E-state index contributed by atoms with van der Waals surface area (Å²) in [5.74, 6) is -0.438. The van der Waals surface area contributed by atoms with Gasteiger partial charge in [0.2, 0.25) is 0 Å². The highest BCUT2D eigenvalue weighted by Crippen LogP contribution is 1.91. The molecular formula is C8H14O4. The lowest BCUT2D eigenvalue weighted by Crippen LogP contribution is -2.11. The summed E-state index contributed by atoms with van der Waals surface area (Å²) >= 11 is 0. The fourth-order valence-electron chi connectivity index (χ4n) is 0.420. The second kappa shape index (κ2) is 6.82. The molecule has 0 heterocycles. The van der Waals surface area contributed by atoms with E-state index in [2.05, 4.69) is 11.3 Å². The monoisotopic (exact) mass is 174 g/mol. The highest BCUT2D eigenvalue weighted by atomic mass is 16.7. The first-order chi connectivity index (χ1) is 5.68. The molecule has 0 unspecified atom stereocenters. The van der Waals surface area contributed by atoms with Crippen LogP contribution in [0.4, 0.5) is 0 Å². The Bertz CT molecular complexity index is 153. The van der Waals surface area contributed by atoms with Crippen LogP contribution in [0, 0.1) is 0 Å². The summed E-state index contributed by atoms with van der Waals surface area (Å²) in [5, 5.41) is 0. The number of methoxy groups -OCH3 is 1. The molecule has 0 aromatic carbocycles. The minimum atomic E-state index is -0.438. The maximum absolute atomic E-state index is 10.7. The molecule has 0 aliphatic heterocycles. The number of esters is 1. The number of hydrogen-bond acceptors (Lipinski definition) is 4. The number of ether oxygens (including phenoxy) is 3. The molecule has 0 atom stereocenters. The molecule has 0 saturated carbocycles. The van der Waals surface area contributed by atoms with E-state index in [0.717, 1.165) is 0 Å². The lowest BCUT2D eigenvalue weighted by molar-refractivity contribution is -0.152. The summed E-state index contributed by atoms with van der Waals surface area (Å²) in [5.41, 5.74) is 0.366. The third-order valence-corrected chi connectivity index (χ3v) is 1.05. The SMILES string of the molecule is C=C(C)C(=O)OCOCCOC. The van der Waals surface area contributed by atoms with Crippen LogP contribution in [0.25, 0.3) is 0 Å². The smallest absolute Gasteiger partial charge is 0.335 e. The lowest BCUT2D eigenvalue weighted by Gasteiger charge is -2.04. The van der Waals surface area contributed by atoms with Crippen molar-refractivity contribution in [3.05, 3.63) is 12.2 Å². The van der Waals surface area contributed by atoms with Gasteiger partial charge in [-0.1, -0.05) is 6.58 Å². The average molecular weight is 174 g/mol. The Morgan fingerprint density at radius 1 is 1.42 bits per heavy atom. The second-order valence-electron chi connectivity index (χ2n) is 2.23. The van der Waals surface area contributed by atoms with Gasteiger partial charge in [-0.25, -0.2) is 4.79 Å². The van der Waals surface area contributed by atoms with E-state index in [1.165, 1.54) is 0 Å². The highest BCUT2D eigenvalue weighted by Gasteiger charge is 2.01. The van der Waals surface area contributed by atoms with E-state index in [1.807, 2.05) is 0 Å². The van der Waals surface area contributed by atoms with E-state index < -0.39 is 5.97 Å². The molecule has 0 N–H and O–H groups in total. The highest BCUT2D eigenvalue weighted by molar-refractivity contribution is 5.86. The van der Waals surface area contributed by atoms with Crippen LogP contribution in [-0.2, 0) is 19.0 Å². The summed E-state index contributed by atoms with van der Waals surface area (Å²) in [4.78, 5) is 10.7. The predicted octanol–water partition coefficient (Wildman–Crippen LogP) is 0.726. The first kappa shape index (κ1) is 11.1. The van der Waals surface area contributed by atoms with Gasteiger partial charge in [-0.2, -0.15) is 0 Å². The zero-order valence-corrected chi connectivity index (χ0v) is 7.46.